The van der Waals surface area contributed by atoms with Gasteiger partial charge in [0.15, 0.2) is 5.82 Å². The third-order valence-corrected chi connectivity index (χ3v) is 4.59. The van der Waals surface area contributed by atoms with Gasteiger partial charge in [0.1, 0.15) is 5.60 Å². The molecular formula is C17H29N3O. The number of rotatable bonds is 8. The zero-order chi connectivity index (χ0) is 15.3. The molecule has 0 aliphatic heterocycles. The fraction of sp³-hybridized carbons (Fsp3) is 0.765. The lowest BCUT2D eigenvalue weighted by Gasteiger charge is -2.39. The van der Waals surface area contributed by atoms with Crippen LogP contribution in [0.15, 0.2) is 0 Å². The molecule has 118 valence electrons. The summed E-state index contributed by atoms with van der Waals surface area (Å²) in [5.74, 6) is 0.888. The van der Waals surface area contributed by atoms with Gasteiger partial charge in [-0.1, -0.05) is 6.92 Å². The minimum absolute atomic E-state index is 0.212. The van der Waals surface area contributed by atoms with Crippen LogP contribution in [0.4, 0.5) is 0 Å². The van der Waals surface area contributed by atoms with Gasteiger partial charge in [0.05, 0.1) is 0 Å². The summed E-state index contributed by atoms with van der Waals surface area (Å²) in [7, 11) is 1.78. The number of methoxy groups -OCH3 is 1. The van der Waals surface area contributed by atoms with E-state index < -0.39 is 0 Å². The molecule has 4 heteroatoms. The topological polar surface area (TPSA) is 47.0 Å². The van der Waals surface area contributed by atoms with Gasteiger partial charge in [-0.15, -0.1) is 0 Å². The Balaban J connectivity index is 2.03. The Morgan fingerprint density at radius 3 is 2.29 bits per heavy atom. The van der Waals surface area contributed by atoms with Crippen molar-refractivity contribution < 1.29 is 4.74 Å². The van der Waals surface area contributed by atoms with E-state index in [9.17, 15) is 0 Å². The normalized spacial score (nSPS) is 16.8. The molecule has 0 amide bonds. The average molecular weight is 291 g/mol. The van der Waals surface area contributed by atoms with Crippen LogP contribution in [-0.2, 0) is 16.8 Å². The van der Waals surface area contributed by atoms with Crippen LogP contribution in [0.3, 0.4) is 0 Å². The highest BCUT2D eigenvalue weighted by Crippen LogP contribution is 2.42. The predicted molar refractivity (Wildman–Crippen MR) is 85.5 cm³/mol. The molecule has 0 unspecified atom stereocenters. The molecule has 1 saturated carbocycles. The number of hydrogen-bond acceptors (Lipinski definition) is 4. The zero-order valence-corrected chi connectivity index (χ0v) is 14.0. The first-order chi connectivity index (χ1) is 10.1. The zero-order valence-electron chi connectivity index (χ0n) is 14.0. The quantitative estimate of drug-likeness (QED) is 0.748. The largest absolute Gasteiger partial charge is 0.370 e. The Morgan fingerprint density at radius 2 is 1.81 bits per heavy atom. The molecule has 0 atom stereocenters. The van der Waals surface area contributed by atoms with Crippen molar-refractivity contribution in [3.8, 4) is 0 Å². The number of aromatic nitrogens is 2. The third-order valence-electron chi connectivity index (χ3n) is 4.59. The van der Waals surface area contributed by atoms with Crippen LogP contribution in [0.25, 0.3) is 0 Å². The minimum atomic E-state index is -0.212. The molecular weight excluding hydrogens is 262 g/mol. The first-order valence-corrected chi connectivity index (χ1v) is 8.23. The van der Waals surface area contributed by atoms with Gasteiger partial charge in [-0.05, 0) is 71.0 Å². The molecule has 4 nitrogen and oxygen atoms in total. The minimum Gasteiger partial charge on any atom is -0.370 e. The summed E-state index contributed by atoms with van der Waals surface area (Å²) in [5.41, 5.74) is 3.34. The van der Waals surface area contributed by atoms with Crippen LogP contribution in [0.5, 0.6) is 0 Å². The Kier molecular flexibility index (Phi) is 5.71. The molecule has 0 bridgehead atoms. The summed E-state index contributed by atoms with van der Waals surface area (Å²) < 4.78 is 5.70. The highest BCUT2D eigenvalue weighted by Gasteiger charge is 2.42. The molecule has 0 saturated heterocycles. The van der Waals surface area contributed by atoms with E-state index in [4.69, 9.17) is 14.7 Å². The molecule has 1 fully saturated rings. The summed E-state index contributed by atoms with van der Waals surface area (Å²) in [5, 5.41) is 3.45. The van der Waals surface area contributed by atoms with Gasteiger partial charge < -0.3 is 10.1 Å². The predicted octanol–water partition coefficient (Wildman–Crippen LogP) is 3.05. The number of nitrogens with one attached hydrogen (secondary N) is 1. The standard InChI is InChI=1S/C17H29N3O/c1-5-11-18-12-6-8-15-13(2)19-16(20-14(15)3)17(21-4)9-7-10-17/h18H,5-12H2,1-4H3. The van der Waals surface area contributed by atoms with Crippen LogP contribution in [0.2, 0.25) is 0 Å². The molecule has 1 aliphatic rings. The first-order valence-electron chi connectivity index (χ1n) is 8.23. The molecule has 0 aromatic carbocycles. The third kappa shape index (κ3) is 3.61. The summed E-state index contributed by atoms with van der Waals surface area (Å²) in [6, 6.07) is 0. The van der Waals surface area contributed by atoms with Gasteiger partial charge in [-0.2, -0.15) is 0 Å². The monoisotopic (exact) mass is 291 g/mol. The van der Waals surface area contributed by atoms with E-state index in [1.54, 1.807) is 7.11 Å². The number of hydrogen-bond donors (Lipinski definition) is 1. The maximum atomic E-state index is 5.70. The molecule has 1 heterocycles. The van der Waals surface area contributed by atoms with Gasteiger partial charge >= 0.3 is 0 Å². The lowest BCUT2D eigenvalue weighted by molar-refractivity contribution is -0.0848. The molecule has 0 spiro atoms. The molecule has 0 radical (unpaired) electrons. The van der Waals surface area contributed by atoms with E-state index >= 15 is 0 Å². The van der Waals surface area contributed by atoms with Crippen molar-refractivity contribution in [3.63, 3.8) is 0 Å². The van der Waals surface area contributed by atoms with Crippen LogP contribution in [0, 0.1) is 13.8 Å². The Labute approximate surface area is 128 Å². The van der Waals surface area contributed by atoms with E-state index in [2.05, 4.69) is 26.1 Å². The summed E-state index contributed by atoms with van der Waals surface area (Å²) in [4.78, 5) is 9.52. The second kappa shape index (κ2) is 7.32. The van der Waals surface area contributed by atoms with Gasteiger partial charge in [-0.3, -0.25) is 0 Å². The fourth-order valence-corrected chi connectivity index (χ4v) is 3.01. The maximum absolute atomic E-state index is 5.70. The molecule has 1 aromatic heterocycles. The van der Waals surface area contributed by atoms with Gasteiger partial charge in [0, 0.05) is 18.5 Å². The van der Waals surface area contributed by atoms with Crippen molar-refractivity contribution in [2.75, 3.05) is 20.2 Å². The summed E-state index contributed by atoms with van der Waals surface area (Å²) in [6.45, 7) is 8.57. The van der Waals surface area contributed by atoms with Gasteiger partial charge in [0.2, 0.25) is 0 Å². The highest BCUT2D eigenvalue weighted by molar-refractivity contribution is 5.26. The van der Waals surface area contributed by atoms with Gasteiger partial charge in [0.25, 0.3) is 0 Å². The molecule has 1 N–H and O–H groups in total. The molecule has 2 rings (SSSR count). The van der Waals surface area contributed by atoms with Crippen LogP contribution >= 0.6 is 0 Å². The maximum Gasteiger partial charge on any atom is 0.160 e. The molecule has 21 heavy (non-hydrogen) atoms. The average Bonchev–Trinajstić information content (AvgIpc) is 2.40. The lowest BCUT2D eigenvalue weighted by Crippen LogP contribution is -2.38. The van der Waals surface area contributed by atoms with E-state index in [0.29, 0.717) is 0 Å². The van der Waals surface area contributed by atoms with Crippen molar-refractivity contribution >= 4 is 0 Å². The van der Waals surface area contributed by atoms with E-state index in [1.807, 2.05) is 0 Å². The smallest absolute Gasteiger partial charge is 0.160 e. The van der Waals surface area contributed by atoms with Crippen LogP contribution in [-0.4, -0.2) is 30.2 Å². The first kappa shape index (κ1) is 16.4. The van der Waals surface area contributed by atoms with Crippen molar-refractivity contribution in [2.24, 2.45) is 0 Å². The molecule has 1 aliphatic carbocycles. The lowest BCUT2D eigenvalue weighted by atomic mass is 9.79. The van der Waals surface area contributed by atoms with Crippen LogP contribution < -0.4 is 5.32 Å². The van der Waals surface area contributed by atoms with E-state index in [0.717, 1.165) is 56.0 Å². The van der Waals surface area contributed by atoms with Crippen molar-refractivity contribution in [1.29, 1.82) is 0 Å². The summed E-state index contributed by atoms with van der Waals surface area (Å²) >= 11 is 0. The Morgan fingerprint density at radius 1 is 1.14 bits per heavy atom. The Bertz CT molecular complexity index is 441. The number of nitrogens with zero attached hydrogens (tertiary/aromatic N) is 2. The van der Waals surface area contributed by atoms with E-state index in [1.165, 1.54) is 18.4 Å². The summed E-state index contributed by atoms with van der Waals surface area (Å²) in [6.07, 6.45) is 6.68. The second-order valence-electron chi connectivity index (χ2n) is 6.10. The number of ether oxygens (including phenoxy) is 1. The van der Waals surface area contributed by atoms with Crippen molar-refractivity contribution in [3.05, 3.63) is 22.8 Å². The van der Waals surface area contributed by atoms with Crippen molar-refractivity contribution in [1.82, 2.24) is 15.3 Å². The second-order valence-corrected chi connectivity index (χ2v) is 6.10. The number of aryl methyl sites for hydroxylation is 2. The SMILES string of the molecule is CCCNCCCc1c(C)nc(C2(OC)CCC2)nc1C. The van der Waals surface area contributed by atoms with Crippen LogP contribution in [0.1, 0.15) is 61.8 Å². The fourth-order valence-electron chi connectivity index (χ4n) is 3.01. The molecule has 1 aromatic rings. The van der Waals surface area contributed by atoms with Crippen molar-refractivity contribution in [2.45, 2.75) is 64.9 Å². The Hall–Kier alpha value is -1.00. The van der Waals surface area contributed by atoms with Gasteiger partial charge in [-0.25, -0.2) is 9.97 Å². The highest BCUT2D eigenvalue weighted by atomic mass is 16.5. The van der Waals surface area contributed by atoms with E-state index in [-0.39, 0.29) is 5.60 Å².